The van der Waals surface area contributed by atoms with Crippen LogP contribution in [0.2, 0.25) is 0 Å². The van der Waals surface area contributed by atoms with Gasteiger partial charge < -0.3 is 4.90 Å². The van der Waals surface area contributed by atoms with Gasteiger partial charge >= 0.3 is 0 Å². The minimum Gasteiger partial charge on any atom is -0.338 e. The van der Waals surface area contributed by atoms with Crippen molar-refractivity contribution in [3.63, 3.8) is 0 Å². The number of aromatic nitrogens is 2. The Morgan fingerprint density at radius 3 is 2.69 bits per heavy atom. The maximum atomic E-state index is 11.6. The molecular weight excluding hydrogens is 166 g/mol. The maximum absolute atomic E-state index is 11.6. The summed E-state index contributed by atoms with van der Waals surface area (Å²) >= 11 is 0. The Labute approximate surface area is 77.6 Å². The number of amides is 1. The van der Waals surface area contributed by atoms with Gasteiger partial charge in [-0.3, -0.25) is 4.79 Å². The zero-order chi connectivity index (χ0) is 9.68. The van der Waals surface area contributed by atoms with Crippen LogP contribution in [0, 0.1) is 6.07 Å². The first-order valence-corrected chi connectivity index (χ1v) is 4.26. The second-order valence-corrected chi connectivity index (χ2v) is 2.49. The number of hydrogen-bond acceptors (Lipinski definition) is 3. The molecule has 0 aliphatic rings. The molecule has 0 saturated heterocycles. The quantitative estimate of drug-likeness (QED) is 0.686. The molecule has 0 bridgehead atoms. The van der Waals surface area contributed by atoms with E-state index in [0.717, 1.165) is 0 Å². The summed E-state index contributed by atoms with van der Waals surface area (Å²) < 4.78 is 0. The van der Waals surface area contributed by atoms with E-state index in [2.05, 4.69) is 16.0 Å². The fourth-order valence-electron chi connectivity index (χ4n) is 1.04. The Morgan fingerprint density at radius 2 is 2.23 bits per heavy atom. The first kappa shape index (κ1) is 9.64. The van der Waals surface area contributed by atoms with Crippen molar-refractivity contribution >= 4 is 5.91 Å². The number of nitrogens with zero attached hydrogens (tertiary/aromatic N) is 3. The summed E-state index contributed by atoms with van der Waals surface area (Å²) in [7, 11) is 0. The van der Waals surface area contributed by atoms with Gasteiger partial charge in [0.25, 0.3) is 5.91 Å². The highest BCUT2D eigenvalue weighted by atomic mass is 16.2. The van der Waals surface area contributed by atoms with Gasteiger partial charge in [-0.25, -0.2) is 9.97 Å². The lowest BCUT2D eigenvalue weighted by Crippen LogP contribution is -2.31. The highest BCUT2D eigenvalue weighted by molar-refractivity contribution is 5.91. The SMILES string of the molecule is CCN(CC)C(=O)c1[c]cncn1. The smallest absolute Gasteiger partial charge is 0.273 e. The van der Waals surface area contributed by atoms with Crippen LogP contribution in [-0.2, 0) is 0 Å². The molecule has 1 aromatic heterocycles. The summed E-state index contributed by atoms with van der Waals surface area (Å²) in [6, 6.07) is 2.70. The average molecular weight is 178 g/mol. The minimum atomic E-state index is -0.0904. The Hall–Kier alpha value is -1.45. The van der Waals surface area contributed by atoms with Crippen LogP contribution >= 0.6 is 0 Å². The van der Waals surface area contributed by atoms with Gasteiger partial charge in [-0.05, 0) is 13.8 Å². The van der Waals surface area contributed by atoms with Crippen LogP contribution in [0.3, 0.4) is 0 Å². The zero-order valence-corrected chi connectivity index (χ0v) is 7.82. The van der Waals surface area contributed by atoms with Crippen LogP contribution in [0.1, 0.15) is 24.3 Å². The van der Waals surface area contributed by atoms with E-state index in [1.54, 1.807) is 4.90 Å². The predicted molar refractivity (Wildman–Crippen MR) is 48.1 cm³/mol. The summed E-state index contributed by atoms with van der Waals surface area (Å²) in [5.74, 6) is -0.0904. The van der Waals surface area contributed by atoms with E-state index >= 15 is 0 Å². The fraction of sp³-hybridized carbons (Fsp3) is 0.444. The second-order valence-electron chi connectivity index (χ2n) is 2.49. The second kappa shape index (κ2) is 4.54. The zero-order valence-electron chi connectivity index (χ0n) is 7.82. The van der Waals surface area contributed by atoms with Crippen molar-refractivity contribution in [2.75, 3.05) is 13.1 Å². The minimum absolute atomic E-state index is 0.0904. The summed E-state index contributed by atoms with van der Waals surface area (Å²) in [4.78, 5) is 20.8. The molecule has 1 heterocycles. The lowest BCUT2D eigenvalue weighted by Gasteiger charge is -2.17. The molecule has 0 spiro atoms. The molecule has 13 heavy (non-hydrogen) atoms. The lowest BCUT2D eigenvalue weighted by atomic mass is 10.3. The van der Waals surface area contributed by atoms with Crippen molar-refractivity contribution in [3.05, 3.63) is 24.3 Å². The standard InChI is InChI=1S/C9H12N3O/c1-3-12(4-2)9(13)8-5-6-10-7-11-8/h6-7H,3-4H2,1-2H3. The Balaban J connectivity index is 2.78. The van der Waals surface area contributed by atoms with Crippen molar-refractivity contribution in [1.82, 2.24) is 14.9 Å². The fourth-order valence-corrected chi connectivity index (χ4v) is 1.04. The van der Waals surface area contributed by atoms with E-state index < -0.39 is 0 Å². The third-order valence-electron chi connectivity index (χ3n) is 1.78. The van der Waals surface area contributed by atoms with Gasteiger partial charge in [-0.1, -0.05) is 0 Å². The Morgan fingerprint density at radius 1 is 1.54 bits per heavy atom. The molecule has 0 saturated carbocycles. The maximum Gasteiger partial charge on any atom is 0.273 e. The molecule has 0 aromatic carbocycles. The van der Waals surface area contributed by atoms with Crippen LogP contribution in [0.25, 0.3) is 0 Å². The number of carbonyl (C=O) groups is 1. The first-order chi connectivity index (χ1) is 6.29. The van der Waals surface area contributed by atoms with E-state index in [1.165, 1.54) is 12.5 Å². The molecule has 0 unspecified atom stereocenters. The van der Waals surface area contributed by atoms with Crippen LogP contribution < -0.4 is 0 Å². The molecule has 4 nitrogen and oxygen atoms in total. The highest BCUT2D eigenvalue weighted by Gasteiger charge is 2.12. The largest absolute Gasteiger partial charge is 0.338 e. The molecule has 1 amide bonds. The number of carbonyl (C=O) groups excluding carboxylic acids is 1. The summed E-state index contributed by atoms with van der Waals surface area (Å²) in [5, 5.41) is 0. The molecule has 0 atom stereocenters. The average Bonchev–Trinajstić information content (AvgIpc) is 2.21. The molecule has 0 fully saturated rings. The van der Waals surface area contributed by atoms with Crippen molar-refractivity contribution < 1.29 is 4.79 Å². The molecule has 4 heteroatoms. The predicted octanol–water partition coefficient (Wildman–Crippen LogP) is 0.759. The van der Waals surface area contributed by atoms with Crippen molar-refractivity contribution in [2.45, 2.75) is 13.8 Å². The Bertz CT molecular complexity index is 269. The molecule has 69 valence electrons. The molecule has 0 N–H and O–H groups in total. The molecule has 1 rings (SSSR count). The number of rotatable bonds is 3. The van der Waals surface area contributed by atoms with Crippen LogP contribution in [-0.4, -0.2) is 33.9 Å². The van der Waals surface area contributed by atoms with Gasteiger partial charge in [-0.2, -0.15) is 0 Å². The molecular formula is C9H12N3O. The lowest BCUT2D eigenvalue weighted by molar-refractivity contribution is 0.0766. The molecule has 1 radical (unpaired) electrons. The van der Waals surface area contributed by atoms with Gasteiger partial charge in [-0.15, -0.1) is 0 Å². The van der Waals surface area contributed by atoms with Crippen LogP contribution in [0.5, 0.6) is 0 Å². The van der Waals surface area contributed by atoms with E-state index in [9.17, 15) is 4.79 Å². The first-order valence-electron chi connectivity index (χ1n) is 4.26. The van der Waals surface area contributed by atoms with Crippen LogP contribution in [0.15, 0.2) is 12.5 Å². The number of hydrogen-bond donors (Lipinski definition) is 0. The van der Waals surface area contributed by atoms with Gasteiger partial charge in [0, 0.05) is 25.4 Å². The third-order valence-corrected chi connectivity index (χ3v) is 1.78. The van der Waals surface area contributed by atoms with Gasteiger partial charge in [0.15, 0.2) is 0 Å². The molecule has 0 aliphatic heterocycles. The van der Waals surface area contributed by atoms with Gasteiger partial charge in [0.2, 0.25) is 0 Å². The molecule has 1 aromatic rings. The topological polar surface area (TPSA) is 46.1 Å². The van der Waals surface area contributed by atoms with Gasteiger partial charge in [0.05, 0.1) is 0 Å². The van der Waals surface area contributed by atoms with E-state index in [1.807, 2.05) is 13.8 Å². The summed E-state index contributed by atoms with van der Waals surface area (Å²) in [6.45, 7) is 5.24. The Kier molecular flexibility index (Phi) is 3.37. The van der Waals surface area contributed by atoms with Crippen molar-refractivity contribution in [3.8, 4) is 0 Å². The summed E-state index contributed by atoms with van der Waals surface area (Å²) in [5.41, 5.74) is 0.332. The van der Waals surface area contributed by atoms with Crippen molar-refractivity contribution in [2.24, 2.45) is 0 Å². The summed E-state index contributed by atoms with van der Waals surface area (Å²) in [6.07, 6.45) is 2.80. The van der Waals surface area contributed by atoms with E-state index in [-0.39, 0.29) is 5.91 Å². The monoisotopic (exact) mass is 178 g/mol. The van der Waals surface area contributed by atoms with Crippen LogP contribution in [0.4, 0.5) is 0 Å². The van der Waals surface area contributed by atoms with E-state index in [4.69, 9.17) is 0 Å². The third kappa shape index (κ3) is 2.24. The normalized spacial score (nSPS) is 9.69. The van der Waals surface area contributed by atoms with Crippen molar-refractivity contribution in [1.29, 1.82) is 0 Å². The molecule has 0 aliphatic carbocycles. The van der Waals surface area contributed by atoms with E-state index in [0.29, 0.717) is 18.8 Å². The van der Waals surface area contributed by atoms with Gasteiger partial charge in [0.1, 0.15) is 12.0 Å². The highest BCUT2D eigenvalue weighted by Crippen LogP contribution is 1.98.